The number of benzene rings is 3. The number of aliphatic carboxylic acids is 1. The molecule has 4 rings (SSSR count). The molecule has 0 aliphatic carbocycles. The highest BCUT2D eigenvalue weighted by Gasteiger charge is 2.16. The molecule has 9 heteroatoms. The summed E-state index contributed by atoms with van der Waals surface area (Å²) in [5.41, 5.74) is 3.45. The third kappa shape index (κ3) is 6.36. The van der Waals surface area contributed by atoms with Crippen LogP contribution in [0.3, 0.4) is 0 Å². The minimum Gasteiger partial charge on any atom is -0.478 e. The van der Waals surface area contributed by atoms with Crippen molar-refractivity contribution in [3.63, 3.8) is 0 Å². The fourth-order valence-electron chi connectivity index (χ4n) is 3.17. The Morgan fingerprint density at radius 2 is 1.71 bits per heavy atom. The second-order valence-corrected chi connectivity index (χ2v) is 8.92. The van der Waals surface area contributed by atoms with Crippen LogP contribution in [-0.4, -0.2) is 33.1 Å². The fraction of sp³-hybridized carbons (Fsp3) is 0.0769. The third-order valence-electron chi connectivity index (χ3n) is 4.85. The average Bonchev–Trinajstić information content (AvgIpc) is 3.28. The average molecular weight is 488 g/mol. The van der Waals surface area contributed by atoms with Crippen molar-refractivity contribution in [2.24, 2.45) is 0 Å². The number of carbonyl (C=O) groups is 3. The van der Waals surface area contributed by atoms with Gasteiger partial charge in [0.1, 0.15) is 5.52 Å². The van der Waals surface area contributed by atoms with Crippen LogP contribution in [0.5, 0.6) is 0 Å². The lowest BCUT2D eigenvalue weighted by atomic mass is 10.2. The molecule has 1 heterocycles. The van der Waals surface area contributed by atoms with Crippen LogP contribution >= 0.6 is 11.8 Å². The molecule has 1 aromatic heterocycles. The monoisotopic (exact) mass is 487 g/mol. The van der Waals surface area contributed by atoms with E-state index in [9.17, 15) is 14.4 Å². The van der Waals surface area contributed by atoms with Crippen LogP contribution in [0.1, 0.15) is 6.92 Å². The summed E-state index contributed by atoms with van der Waals surface area (Å²) in [4.78, 5) is 40.3. The van der Waals surface area contributed by atoms with Crippen LogP contribution in [0.15, 0.2) is 94.3 Å². The number of oxazole rings is 1. The van der Waals surface area contributed by atoms with Gasteiger partial charge in [0, 0.05) is 34.0 Å². The van der Waals surface area contributed by atoms with E-state index in [4.69, 9.17) is 9.52 Å². The van der Waals surface area contributed by atoms with Gasteiger partial charge in [0.05, 0.1) is 5.25 Å². The summed E-state index contributed by atoms with van der Waals surface area (Å²) in [6.07, 6.45) is 1.70. The number of nitrogens with zero attached hydrogens (tertiary/aromatic N) is 1. The Morgan fingerprint density at radius 3 is 2.46 bits per heavy atom. The predicted octanol–water partition coefficient (Wildman–Crippen LogP) is 5.19. The maximum atomic E-state index is 12.7. The van der Waals surface area contributed by atoms with E-state index >= 15 is 0 Å². The maximum absolute atomic E-state index is 12.7. The van der Waals surface area contributed by atoms with Crippen LogP contribution in [-0.2, 0) is 14.4 Å². The van der Waals surface area contributed by atoms with Crippen molar-refractivity contribution in [1.29, 1.82) is 0 Å². The van der Waals surface area contributed by atoms with E-state index in [0.29, 0.717) is 22.8 Å². The summed E-state index contributed by atoms with van der Waals surface area (Å²) in [5.74, 6) is -1.42. The number of carboxylic acid groups (broad SMARTS) is 1. The molecule has 0 aliphatic heterocycles. The van der Waals surface area contributed by atoms with E-state index in [0.717, 1.165) is 28.1 Å². The smallest absolute Gasteiger partial charge is 0.328 e. The second kappa shape index (κ2) is 10.7. The minimum absolute atomic E-state index is 0.177. The molecule has 1 unspecified atom stereocenters. The molecule has 0 saturated carbocycles. The molecule has 0 saturated heterocycles. The minimum atomic E-state index is -1.20. The van der Waals surface area contributed by atoms with Crippen LogP contribution in [0.25, 0.3) is 22.6 Å². The van der Waals surface area contributed by atoms with E-state index < -0.39 is 17.1 Å². The Hall–Kier alpha value is -4.37. The zero-order valence-electron chi connectivity index (χ0n) is 18.6. The number of carboxylic acids is 1. The highest BCUT2D eigenvalue weighted by molar-refractivity contribution is 8.00. The summed E-state index contributed by atoms with van der Waals surface area (Å²) in [7, 11) is 0. The third-order valence-corrected chi connectivity index (χ3v) is 5.95. The van der Waals surface area contributed by atoms with Crippen LogP contribution in [0.4, 0.5) is 11.4 Å². The molecule has 8 nitrogen and oxygen atoms in total. The largest absolute Gasteiger partial charge is 0.478 e. The number of anilines is 2. The van der Waals surface area contributed by atoms with Crippen molar-refractivity contribution in [2.45, 2.75) is 17.1 Å². The van der Waals surface area contributed by atoms with E-state index in [1.54, 1.807) is 37.3 Å². The lowest BCUT2D eigenvalue weighted by molar-refractivity contribution is -0.131. The molecule has 3 aromatic carbocycles. The van der Waals surface area contributed by atoms with Crippen molar-refractivity contribution in [2.75, 3.05) is 10.6 Å². The molecule has 0 fully saturated rings. The second-order valence-electron chi connectivity index (χ2n) is 7.50. The van der Waals surface area contributed by atoms with E-state index in [-0.39, 0.29) is 5.91 Å². The van der Waals surface area contributed by atoms with Crippen molar-refractivity contribution >= 4 is 52.0 Å². The quantitative estimate of drug-likeness (QED) is 0.231. The number of amides is 2. The number of hydrogen-bond donors (Lipinski definition) is 3. The first-order chi connectivity index (χ1) is 16.9. The molecular formula is C26H21N3O5S. The summed E-state index contributed by atoms with van der Waals surface area (Å²) in [6, 6.07) is 21.8. The van der Waals surface area contributed by atoms with Crippen molar-refractivity contribution in [3.05, 3.63) is 84.9 Å². The van der Waals surface area contributed by atoms with Crippen LogP contribution in [0.2, 0.25) is 0 Å². The highest BCUT2D eigenvalue weighted by atomic mass is 32.2. The molecule has 1 atom stereocenters. The number of fused-ring (bicyclic) bond motifs is 1. The lowest BCUT2D eigenvalue weighted by Gasteiger charge is -2.13. The summed E-state index contributed by atoms with van der Waals surface area (Å²) in [5, 5.41) is 13.7. The first-order valence-corrected chi connectivity index (χ1v) is 11.5. The van der Waals surface area contributed by atoms with Gasteiger partial charge in [0.2, 0.25) is 17.7 Å². The molecule has 0 aliphatic rings. The van der Waals surface area contributed by atoms with Crippen molar-refractivity contribution in [3.8, 4) is 11.5 Å². The number of thioether (sulfide) groups is 1. The van der Waals surface area contributed by atoms with Gasteiger partial charge in [0.25, 0.3) is 0 Å². The molecule has 35 heavy (non-hydrogen) atoms. The summed E-state index contributed by atoms with van der Waals surface area (Å²) >= 11 is 1.33. The van der Waals surface area contributed by atoms with Gasteiger partial charge in [-0.05, 0) is 61.5 Å². The molecule has 4 aromatic rings. The van der Waals surface area contributed by atoms with Gasteiger partial charge < -0.3 is 20.2 Å². The topological polar surface area (TPSA) is 122 Å². The zero-order valence-corrected chi connectivity index (χ0v) is 19.4. The highest BCUT2D eigenvalue weighted by Crippen LogP contribution is 2.28. The first kappa shape index (κ1) is 23.8. The summed E-state index contributed by atoms with van der Waals surface area (Å²) in [6.45, 7) is 1.79. The zero-order chi connectivity index (χ0) is 24.8. The SMILES string of the molecule is CC(Sc1cccc(NC(=O)/C=C/C(=O)O)c1)C(=O)Nc1ccc(-c2nc3ccccc3o2)cc1. The van der Waals surface area contributed by atoms with Crippen molar-refractivity contribution < 1.29 is 23.9 Å². The fourth-order valence-corrected chi connectivity index (χ4v) is 4.10. The standard InChI is InChI=1S/C26H21N3O5S/c1-16(35-20-6-4-5-19(15-20)27-23(30)13-14-24(31)32)25(33)28-18-11-9-17(10-12-18)26-29-21-7-2-3-8-22(21)34-26/h2-16H,1H3,(H,27,30)(H,28,33)(H,31,32)/b14-13+. The van der Waals surface area contributed by atoms with Gasteiger partial charge in [-0.25, -0.2) is 9.78 Å². The van der Waals surface area contributed by atoms with Gasteiger partial charge in [0.15, 0.2) is 5.58 Å². The number of nitrogens with one attached hydrogen (secondary N) is 2. The molecule has 3 N–H and O–H groups in total. The molecule has 0 bridgehead atoms. The molecule has 2 amide bonds. The molecule has 0 spiro atoms. The Morgan fingerprint density at radius 1 is 0.943 bits per heavy atom. The predicted molar refractivity (Wildman–Crippen MR) is 135 cm³/mol. The summed E-state index contributed by atoms with van der Waals surface area (Å²) < 4.78 is 5.78. The first-order valence-electron chi connectivity index (χ1n) is 10.6. The Balaban J connectivity index is 1.35. The number of carbonyl (C=O) groups excluding carboxylic acids is 2. The van der Waals surface area contributed by atoms with E-state index in [1.807, 2.05) is 42.5 Å². The lowest BCUT2D eigenvalue weighted by Crippen LogP contribution is -2.22. The number of hydrogen-bond acceptors (Lipinski definition) is 6. The normalized spacial score (nSPS) is 11.9. The molecular weight excluding hydrogens is 466 g/mol. The Kier molecular flexibility index (Phi) is 7.27. The Labute approximate surface area is 205 Å². The molecule has 0 radical (unpaired) electrons. The van der Waals surface area contributed by atoms with Gasteiger partial charge >= 0.3 is 5.97 Å². The number of rotatable bonds is 8. The van der Waals surface area contributed by atoms with E-state index in [1.165, 1.54) is 11.8 Å². The van der Waals surface area contributed by atoms with E-state index in [2.05, 4.69) is 15.6 Å². The van der Waals surface area contributed by atoms with Crippen molar-refractivity contribution in [1.82, 2.24) is 4.98 Å². The number of para-hydroxylation sites is 2. The van der Waals surface area contributed by atoms with Crippen LogP contribution < -0.4 is 10.6 Å². The van der Waals surface area contributed by atoms with Gasteiger partial charge in [-0.2, -0.15) is 0 Å². The maximum Gasteiger partial charge on any atom is 0.328 e. The van der Waals surface area contributed by atoms with Gasteiger partial charge in [-0.1, -0.05) is 18.2 Å². The Bertz CT molecular complexity index is 1380. The van der Waals surface area contributed by atoms with Gasteiger partial charge in [-0.15, -0.1) is 11.8 Å². The van der Waals surface area contributed by atoms with Gasteiger partial charge in [-0.3, -0.25) is 9.59 Å². The number of aromatic nitrogens is 1. The molecule has 176 valence electrons. The van der Waals surface area contributed by atoms with Crippen LogP contribution in [0, 0.1) is 0 Å².